The van der Waals surface area contributed by atoms with Crippen molar-refractivity contribution in [2.24, 2.45) is 0 Å². The second kappa shape index (κ2) is 15.4. The first kappa shape index (κ1) is 23.6. The maximum atomic E-state index is 10.5. The Labute approximate surface area is 101 Å². The van der Waals surface area contributed by atoms with Crippen LogP contribution >= 0.6 is 0 Å². The Morgan fingerprint density at radius 3 is 1.14 bits per heavy atom. The fraction of sp³-hybridized carbons (Fsp3) is 0. The first-order chi connectivity index (χ1) is 5.45. The van der Waals surface area contributed by atoms with Gasteiger partial charge in [0.15, 0.2) is 0 Å². The van der Waals surface area contributed by atoms with Crippen LogP contribution in [0.4, 0.5) is 9.05 Å². The van der Waals surface area contributed by atoms with Crippen LogP contribution in [0.25, 0.3) is 0 Å². The van der Waals surface area contributed by atoms with Crippen molar-refractivity contribution in [1.29, 1.82) is 0 Å². The van der Waals surface area contributed by atoms with Crippen LogP contribution in [0.15, 0.2) is 0 Å². The van der Waals surface area contributed by atoms with E-state index in [4.69, 9.17) is 15.1 Å². The van der Waals surface area contributed by atoms with E-state index in [0.29, 0.717) is 0 Å². The summed E-state index contributed by atoms with van der Waals surface area (Å²) < 4.78 is 21.0. The Morgan fingerprint density at radius 2 is 1.07 bits per heavy atom. The van der Waals surface area contributed by atoms with E-state index >= 15 is 0 Å². The SMILES string of the molecule is O=C(OF)C(=O)OF.OB(O)O.[LiH].[LiH]. The average Bonchev–Trinajstić information content (AvgIpc) is 2.00. The summed E-state index contributed by atoms with van der Waals surface area (Å²) in [6.45, 7) is 0. The molecule has 0 fully saturated rings. The number of hydrogen-bond acceptors (Lipinski definition) is 7. The van der Waals surface area contributed by atoms with Gasteiger partial charge in [-0.2, -0.15) is 0 Å². The maximum absolute atomic E-state index is 10.5. The van der Waals surface area contributed by atoms with Crippen molar-refractivity contribution < 1.29 is 43.6 Å². The molecule has 0 heterocycles. The number of hydrogen-bond donors (Lipinski definition) is 3. The summed E-state index contributed by atoms with van der Waals surface area (Å²) >= 11 is 0. The van der Waals surface area contributed by atoms with Crippen molar-refractivity contribution in [3.8, 4) is 0 Å². The molecule has 0 aliphatic rings. The predicted octanol–water partition coefficient (Wildman–Crippen LogP) is -3.51. The van der Waals surface area contributed by atoms with Crippen LogP contribution in [-0.4, -0.2) is 72.1 Å². The molecule has 0 amide bonds. The predicted molar refractivity (Wildman–Crippen MR) is 41.1 cm³/mol. The molecule has 14 heavy (non-hydrogen) atoms. The molecule has 3 N–H and O–H groups in total. The number of carbonyl (C=O) groups is 2. The van der Waals surface area contributed by atoms with Crippen molar-refractivity contribution in [2.45, 2.75) is 0 Å². The Hall–Kier alpha value is -0.0603. The van der Waals surface area contributed by atoms with Crippen molar-refractivity contribution in [3.05, 3.63) is 0 Å². The molecule has 0 saturated carbocycles. The van der Waals surface area contributed by atoms with Gasteiger partial charge in [-0.15, -0.1) is 0 Å². The zero-order valence-corrected chi connectivity index (χ0v) is 5.31. The molecule has 12 heteroatoms. The van der Waals surface area contributed by atoms with Crippen molar-refractivity contribution in [2.75, 3.05) is 0 Å². The Morgan fingerprint density at radius 1 is 0.929 bits per heavy atom. The van der Waals surface area contributed by atoms with E-state index in [-0.39, 0.29) is 37.7 Å². The minimum absolute atomic E-state index is 0. The quantitative estimate of drug-likeness (QED) is 0.277. The summed E-state index contributed by atoms with van der Waals surface area (Å²) in [7, 11) is -2.17. The molecule has 0 aliphatic carbocycles. The summed E-state index contributed by atoms with van der Waals surface area (Å²) in [6, 6.07) is 0. The van der Waals surface area contributed by atoms with Gasteiger partial charge in [-0.3, -0.25) is 0 Å². The standard InChI is InChI=1S/C2F2O4.BH3O3.2Li.2H/c3-7-1(5)2(6)8-4;2-1(3)4;;;;/h;2-4H;;;;. The molecular weight excluding hydrogens is 199 g/mol. The van der Waals surface area contributed by atoms with Gasteiger partial charge in [-0.25, -0.2) is 19.5 Å². The zero-order chi connectivity index (χ0) is 10.1. The molecule has 0 radical (unpaired) electrons. The van der Waals surface area contributed by atoms with Crippen LogP contribution < -0.4 is 0 Å². The molecule has 0 unspecified atom stereocenters. The monoisotopic (exact) mass is 204 g/mol. The molecule has 0 saturated heterocycles. The van der Waals surface area contributed by atoms with Crippen LogP contribution in [-0.2, 0) is 19.5 Å². The summed E-state index contributed by atoms with van der Waals surface area (Å²) in [5.41, 5.74) is 0. The third-order valence-corrected chi connectivity index (χ3v) is 0.307. The topological polar surface area (TPSA) is 113 Å². The van der Waals surface area contributed by atoms with Crippen LogP contribution in [0, 0.1) is 0 Å². The number of halogens is 2. The van der Waals surface area contributed by atoms with Gasteiger partial charge in [0.2, 0.25) is 0 Å². The molecule has 0 spiro atoms. The van der Waals surface area contributed by atoms with Crippen molar-refractivity contribution in [3.63, 3.8) is 0 Å². The minimum atomic E-state index is -2.17. The molecule has 0 aromatic carbocycles. The van der Waals surface area contributed by atoms with Crippen LogP contribution in [0.3, 0.4) is 0 Å². The summed E-state index contributed by atoms with van der Waals surface area (Å²) in [6.07, 6.45) is 0. The first-order valence-corrected chi connectivity index (χ1v) is 2.15. The van der Waals surface area contributed by atoms with E-state index in [1.807, 2.05) is 0 Å². The van der Waals surface area contributed by atoms with Gasteiger partial charge in [0.1, 0.15) is 0 Å². The third-order valence-electron chi connectivity index (χ3n) is 0.307. The summed E-state index contributed by atoms with van der Waals surface area (Å²) in [5.74, 6) is -4.04. The fourth-order valence-corrected chi connectivity index (χ4v) is 0.0630. The second-order valence-corrected chi connectivity index (χ2v) is 1.08. The Balaban J connectivity index is -0.0000000733. The summed E-state index contributed by atoms with van der Waals surface area (Å²) in [5, 5.41) is 21.5. The summed E-state index contributed by atoms with van der Waals surface area (Å²) in [4.78, 5) is 23.4. The van der Waals surface area contributed by atoms with E-state index in [2.05, 4.69) is 9.88 Å². The molecule has 0 aliphatic heterocycles. The number of rotatable bonds is 0. The van der Waals surface area contributed by atoms with Crippen LogP contribution in [0.2, 0.25) is 0 Å². The first-order valence-electron chi connectivity index (χ1n) is 2.15. The Kier molecular flexibility index (Phi) is 26.0. The van der Waals surface area contributed by atoms with E-state index in [0.717, 1.165) is 0 Å². The molecule has 0 bridgehead atoms. The zero-order valence-electron chi connectivity index (χ0n) is 5.31. The van der Waals surface area contributed by atoms with Gasteiger partial charge in [-0.1, -0.05) is 0 Å². The molecule has 0 aromatic heterocycles. The fourth-order valence-electron chi connectivity index (χ4n) is 0.0630. The van der Waals surface area contributed by atoms with Gasteiger partial charge in [0.25, 0.3) is 0 Å². The average molecular weight is 204 g/mol. The molecule has 0 aromatic rings. The van der Waals surface area contributed by atoms with E-state index in [9.17, 15) is 18.6 Å². The molecule has 0 atom stereocenters. The van der Waals surface area contributed by atoms with Crippen LogP contribution in [0.5, 0.6) is 0 Å². The van der Waals surface area contributed by atoms with E-state index < -0.39 is 19.3 Å². The van der Waals surface area contributed by atoms with Gasteiger partial charge in [-0.05, 0) is 0 Å². The van der Waals surface area contributed by atoms with Crippen molar-refractivity contribution >= 4 is 57.0 Å². The molecular formula is C2H5BF2Li2O7. The van der Waals surface area contributed by atoms with Gasteiger partial charge in [0.05, 0.1) is 0 Å². The van der Waals surface area contributed by atoms with E-state index in [1.165, 1.54) is 0 Å². The van der Waals surface area contributed by atoms with E-state index in [1.54, 1.807) is 0 Å². The molecule has 7 nitrogen and oxygen atoms in total. The second-order valence-electron chi connectivity index (χ2n) is 1.08. The van der Waals surface area contributed by atoms with Crippen LogP contribution in [0.1, 0.15) is 0 Å². The molecule has 74 valence electrons. The van der Waals surface area contributed by atoms with Gasteiger partial charge < -0.3 is 15.1 Å². The third kappa shape index (κ3) is 22.7. The molecule has 0 rings (SSSR count). The normalized spacial score (nSPS) is 6.36. The Bertz CT molecular complexity index is 140. The van der Waals surface area contributed by atoms with Gasteiger partial charge >= 0.3 is 57.0 Å². The van der Waals surface area contributed by atoms with Crippen molar-refractivity contribution in [1.82, 2.24) is 0 Å². The van der Waals surface area contributed by atoms with Gasteiger partial charge in [0, 0.05) is 9.05 Å². The number of carbonyl (C=O) groups excluding carboxylic acids is 2.